The first-order valence-corrected chi connectivity index (χ1v) is 9.49. The minimum atomic E-state index is -0.618. The van der Waals surface area contributed by atoms with Crippen molar-refractivity contribution in [2.24, 2.45) is 5.92 Å². The van der Waals surface area contributed by atoms with Gasteiger partial charge in [-0.2, -0.15) is 0 Å². The summed E-state index contributed by atoms with van der Waals surface area (Å²) in [6.45, 7) is 5.97. The zero-order chi connectivity index (χ0) is 21.4. The van der Waals surface area contributed by atoms with Crippen molar-refractivity contribution in [1.29, 1.82) is 0 Å². The summed E-state index contributed by atoms with van der Waals surface area (Å²) in [6, 6.07) is 12.8. The van der Waals surface area contributed by atoms with E-state index in [-0.39, 0.29) is 30.2 Å². The van der Waals surface area contributed by atoms with Gasteiger partial charge in [-0.05, 0) is 47.7 Å². The highest BCUT2D eigenvalue weighted by molar-refractivity contribution is 5.95. The van der Waals surface area contributed by atoms with E-state index >= 15 is 0 Å². The molecule has 2 aromatic rings. The first-order chi connectivity index (χ1) is 13.7. The summed E-state index contributed by atoms with van der Waals surface area (Å²) in [6.07, 6.45) is 0.223. The molecule has 0 radical (unpaired) electrons. The average molecular weight is 399 g/mol. The van der Waals surface area contributed by atoms with Gasteiger partial charge in [0.1, 0.15) is 5.82 Å². The number of rotatable bonds is 7. The van der Waals surface area contributed by atoms with Crippen molar-refractivity contribution in [3.05, 3.63) is 65.5 Å². The van der Waals surface area contributed by atoms with Crippen LogP contribution in [0.4, 0.5) is 10.1 Å². The van der Waals surface area contributed by atoms with Gasteiger partial charge in [0, 0.05) is 24.1 Å². The lowest BCUT2D eigenvalue weighted by Crippen LogP contribution is -2.42. The van der Waals surface area contributed by atoms with Gasteiger partial charge in [-0.3, -0.25) is 25.2 Å². The first kappa shape index (κ1) is 22.1. The Labute approximate surface area is 169 Å². The second-order valence-electron chi connectivity index (χ2n) is 7.35. The SMILES string of the molecule is CC(C)c1ccc(NC(=O)C[C@@H](C)CC(=O)NNC(=O)c2cccc(F)c2)cc1. The van der Waals surface area contributed by atoms with Gasteiger partial charge in [-0.25, -0.2) is 4.39 Å². The lowest BCUT2D eigenvalue weighted by molar-refractivity contribution is -0.123. The monoisotopic (exact) mass is 399 g/mol. The van der Waals surface area contributed by atoms with Crippen LogP contribution in [-0.2, 0) is 9.59 Å². The second kappa shape index (κ2) is 10.4. The minimum Gasteiger partial charge on any atom is -0.326 e. The van der Waals surface area contributed by atoms with Crippen LogP contribution in [0.1, 0.15) is 55.5 Å². The molecule has 0 bridgehead atoms. The number of hydrazine groups is 1. The lowest BCUT2D eigenvalue weighted by atomic mass is 10.0. The molecule has 0 fully saturated rings. The second-order valence-corrected chi connectivity index (χ2v) is 7.35. The maximum atomic E-state index is 13.1. The van der Waals surface area contributed by atoms with Gasteiger partial charge in [0.15, 0.2) is 0 Å². The van der Waals surface area contributed by atoms with Crippen LogP contribution in [-0.4, -0.2) is 17.7 Å². The van der Waals surface area contributed by atoms with Crippen LogP contribution in [0.15, 0.2) is 48.5 Å². The average Bonchev–Trinajstić information content (AvgIpc) is 2.66. The van der Waals surface area contributed by atoms with Crippen LogP contribution in [0.5, 0.6) is 0 Å². The Bertz CT molecular complexity index is 866. The topological polar surface area (TPSA) is 87.3 Å². The Morgan fingerprint density at radius 1 is 0.897 bits per heavy atom. The summed E-state index contributed by atoms with van der Waals surface area (Å²) in [5.41, 5.74) is 6.50. The Hall–Kier alpha value is -3.22. The van der Waals surface area contributed by atoms with Gasteiger partial charge in [-0.15, -0.1) is 0 Å². The van der Waals surface area contributed by atoms with Crippen LogP contribution < -0.4 is 16.2 Å². The fraction of sp³-hybridized carbons (Fsp3) is 0.318. The fourth-order valence-corrected chi connectivity index (χ4v) is 2.75. The van der Waals surface area contributed by atoms with E-state index < -0.39 is 17.6 Å². The number of nitrogens with one attached hydrogen (secondary N) is 3. The molecule has 0 aromatic heterocycles. The third-order valence-electron chi connectivity index (χ3n) is 4.33. The Morgan fingerprint density at radius 2 is 1.55 bits per heavy atom. The van der Waals surface area contributed by atoms with Gasteiger partial charge >= 0.3 is 0 Å². The maximum Gasteiger partial charge on any atom is 0.269 e. The molecule has 3 N–H and O–H groups in total. The molecule has 0 unspecified atom stereocenters. The minimum absolute atomic E-state index is 0.0587. The van der Waals surface area contributed by atoms with Crippen molar-refractivity contribution < 1.29 is 18.8 Å². The molecule has 154 valence electrons. The van der Waals surface area contributed by atoms with E-state index in [4.69, 9.17) is 0 Å². The van der Waals surface area contributed by atoms with Crippen molar-refractivity contribution in [2.45, 2.75) is 39.5 Å². The number of hydrogen-bond acceptors (Lipinski definition) is 3. The molecule has 0 saturated carbocycles. The molecule has 0 heterocycles. The molecule has 0 saturated heterocycles. The van der Waals surface area contributed by atoms with Crippen LogP contribution >= 0.6 is 0 Å². The summed E-state index contributed by atoms with van der Waals surface area (Å²) in [7, 11) is 0. The van der Waals surface area contributed by atoms with Gasteiger partial charge in [0.05, 0.1) is 0 Å². The number of halogens is 1. The highest BCUT2D eigenvalue weighted by atomic mass is 19.1. The van der Waals surface area contributed by atoms with E-state index in [2.05, 4.69) is 30.0 Å². The van der Waals surface area contributed by atoms with Crippen LogP contribution in [0.3, 0.4) is 0 Å². The molecule has 0 aliphatic heterocycles. The van der Waals surface area contributed by atoms with Gasteiger partial charge < -0.3 is 5.32 Å². The highest BCUT2D eigenvalue weighted by Gasteiger charge is 2.15. The third-order valence-corrected chi connectivity index (χ3v) is 4.33. The molecule has 0 spiro atoms. The summed E-state index contributed by atoms with van der Waals surface area (Å²) >= 11 is 0. The standard InChI is InChI=1S/C22H26FN3O3/c1-14(2)16-7-9-19(10-8-16)24-20(27)11-15(3)12-21(28)25-26-22(29)17-5-4-6-18(23)13-17/h4-10,13-15H,11-12H2,1-3H3,(H,24,27)(H,25,28)(H,26,29)/t15-/m1/s1. The molecule has 2 rings (SSSR count). The van der Waals surface area contributed by atoms with E-state index in [0.717, 1.165) is 6.07 Å². The van der Waals surface area contributed by atoms with Crippen LogP contribution in [0.25, 0.3) is 0 Å². The van der Waals surface area contributed by atoms with Crippen molar-refractivity contribution >= 4 is 23.4 Å². The number of carbonyl (C=O) groups is 3. The molecule has 0 aliphatic carbocycles. The van der Waals surface area contributed by atoms with Crippen LogP contribution in [0.2, 0.25) is 0 Å². The normalized spacial score (nSPS) is 11.6. The zero-order valence-electron chi connectivity index (χ0n) is 16.8. The quantitative estimate of drug-likeness (QED) is 0.620. The molecule has 7 heteroatoms. The third kappa shape index (κ3) is 7.37. The molecular formula is C22H26FN3O3. The number of anilines is 1. The number of hydrogen-bond donors (Lipinski definition) is 3. The Balaban J connectivity index is 1.74. The summed E-state index contributed by atoms with van der Waals surface area (Å²) in [4.78, 5) is 36.0. The smallest absolute Gasteiger partial charge is 0.269 e. The van der Waals surface area contributed by atoms with E-state index in [1.165, 1.54) is 23.8 Å². The Morgan fingerprint density at radius 3 is 2.17 bits per heavy atom. The molecule has 29 heavy (non-hydrogen) atoms. The lowest BCUT2D eigenvalue weighted by Gasteiger charge is -2.13. The van der Waals surface area contributed by atoms with Gasteiger partial charge in [-0.1, -0.05) is 39.0 Å². The molecular weight excluding hydrogens is 373 g/mol. The predicted molar refractivity (Wildman–Crippen MR) is 110 cm³/mol. The molecule has 3 amide bonds. The summed E-state index contributed by atoms with van der Waals surface area (Å²) in [5.74, 6) is -1.59. The number of carbonyl (C=O) groups excluding carboxylic acids is 3. The van der Waals surface area contributed by atoms with E-state index in [1.54, 1.807) is 6.92 Å². The van der Waals surface area contributed by atoms with Crippen molar-refractivity contribution in [3.8, 4) is 0 Å². The fourth-order valence-electron chi connectivity index (χ4n) is 2.75. The molecule has 6 nitrogen and oxygen atoms in total. The van der Waals surface area contributed by atoms with Gasteiger partial charge in [0.2, 0.25) is 11.8 Å². The maximum absolute atomic E-state index is 13.1. The van der Waals surface area contributed by atoms with Crippen molar-refractivity contribution in [3.63, 3.8) is 0 Å². The summed E-state index contributed by atoms with van der Waals surface area (Å²) < 4.78 is 13.1. The summed E-state index contributed by atoms with van der Waals surface area (Å²) in [5, 5.41) is 2.81. The van der Waals surface area contributed by atoms with E-state index in [9.17, 15) is 18.8 Å². The van der Waals surface area contributed by atoms with E-state index in [0.29, 0.717) is 11.6 Å². The van der Waals surface area contributed by atoms with Crippen molar-refractivity contribution in [1.82, 2.24) is 10.9 Å². The first-order valence-electron chi connectivity index (χ1n) is 9.49. The molecule has 1 atom stereocenters. The van der Waals surface area contributed by atoms with Crippen molar-refractivity contribution in [2.75, 3.05) is 5.32 Å². The molecule has 2 aromatic carbocycles. The highest BCUT2D eigenvalue weighted by Crippen LogP contribution is 2.18. The van der Waals surface area contributed by atoms with Crippen LogP contribution in [0, 0.1) is 11.7 Å². The predicted octanol–water partition coefficient (Wildman–Crippen LogP) is 3.77. The zero-order valence-corrected chi connectivity index (χ0v) is 16.8. The number of benzene rings is 2. The van der Waals surface area contributed by atoms with E-state index in [1.807, 2.05) is 24.3 Å². The molecule has 0 aliphatic rings. The van der Waals surface area contributed by atoms with Gasteiger partial charge in [0.25, 0.3) is 5.91 Å². The Kier molecular flexibility index (Phi) is 7.88. The largest absolute Gasteiger partial charge is 0.326 e. The number of amides is 3.